The number of ether oxygens (including phenoxy) is 5. The van der Waals surface area contributed by atoms with E-state index in [9.17, 15) is 5.26 Å². The smallest absolute Gasteiger partial charge is 0.200 e. The lowest BCUT2D eigenvalue weighted by Crippen LogP contribution is -2.25. The number of nitrogens with zero attached hydrogens (tertiary/aromatic N) is 1. The third kappa shape index (κ3) is 5.61. The number of hydrogen-bond donors (Lipinski definition) is 0. The van der Waals surface area contributed by atoms with E-state index in [0.29, 0.717) is 48.4 Å². The molecule has 0 radical (unpaired) electrons. The Bertz CT molecular complexity index is 780. The Kier molecular flexibility index (Phi) is 6.91. The quantitative estimate of drug-likeness (QED) is 0.647. The van der Waals surface area contributed by atoms with Crippen molar-refractivity contribution in [1.82, 2.24) is 0 Å². The van der Waals surface area contributed by atoms with E-state index in [1.165, 1.54) is 0 Å². The van der Waals surface area contributed by atoms with Crippen molar-refractivity contribution < 1.29 is 23.7 Å². The predicted molar refractivity (Wildman–Crippen MR) is 99.3 cm³/mol. The van der Waals surface area contributed by atoms with Crippen LogP contribution in [0.4, 0.5) is 0 Å². The maximum absolute atomic E-state index is 9.18. The van der Waals surface area contributed by atoms with Gasteiger partial charge in [-0.15, -0.1) is 0 Å². The fourth-order valence-electron chi connectivity index (χ4n) is 2.70. The zero-order valence-corrected chi connectivity index (χ0v) is 15.3. The van der Waals surface area contributed by atoms with Crippen molar-refractivity contribution in [1.29, 1.82) is 5.26 Å². The summed E-state index contributed by atoms with van der Waals surface area (Å²) in [6, 6.07) is 14.6. The summed E-state index contributed by atoms with van der Waals surface area (Å²) in [7, 11) is 1.63. The Hall–Kier alpha value is -2.75. The lowest BCUT2D eigenvalue weighted by atomic mass is 10.2. The van der Waals surface area contributed by atoms with Gasteiger partial charge in [0.2, 0.25) is 0 Å². The van der Waals surface area contributed by atoms with E-state index in [-0.39, 0.29) is 6.29 Å². The summed E-state index contributed by atoms with van der Waals surface area (Å²) in [6.45, 7) is 1.66. The van der Waals surface area contributed by atoms with Crippen LogP contribution in [-0.2, 0) is 9.47 Å². The molecular weight excluding hydrogens is 346 g/mol. The first-order valence-electron chi connectivity index (χ1n) is 9.00. The first-order valence-corrected chi connectivity index (χ1v) is 9.00. The molecule has 0 spiro atoms. The molecule has 1 saturated heterocycles. The fraction of sp³-hybridized carbons (Fsp3) is 0.381. The molecule has 1 atom stereocenters. The molecule has 0 amide bonds. The van der Waals surface area contributed by atoms with Crippen LogP contribution in [0.5, 0.6) is 23.0 Å². The number of rotatable bonds is 8. The van der Waals surface area contributed by atoms with E-state index >= 15 is 0 Å². The van der Waals surface area contributed by atoms with Crippen LogP contribution >= 0.6 is 0 Å². The average Bonchev–Trinajstić information content (AvgIpc) is 2.71. The van der Waals surface area contributed by atoms with Crippen molar-refractivity contribution in [2.75, 3.05) is 26.9 Å². The molecular formula is C21H23NO5. The fourth-order valence-corrected chi connectivity index (χ4v) is 2.70. The first kappa shape index (κ1) is 19.0. The van der Waals surface area contributed by atoms with E-state index in [1.54, 1.807) is 31.4 Å². The van der Waals surface area contributed by atoms with Crippen molar-refractivity contribution in [2.24, 2.45) is 0 Å². The molecule has 3 rings (SSSR count). The molecule has 27 heavy (non-hydrogen) atoms. The van der Waals surface area contributed by atoms with Crippen LogP contribution < -0.4 is 14.2 Å². The van der Waals surface area contributed by atoms with Gasteiger partial charge in [-0.25, -0.2) is 0 Å². The van der Waals surface area contributed by atoms with Gasteiger partial charge >= 0.3 is 0 Å². The highest BCUT2D eigenvalue weighted by Gasteiger charge is 2.18. The second-order valence-corrected chi connectivity index (χ2v) is 6.11. The van der Waals surface area contributed by atoms with Gasteiger partial charge < -0.3 is 23.7 Å². The standard InChI is InChI=1S/C21H23NO5/c1-23-11-12-24-17-5-4-6-18(14-17)26-19-9-8-16(15-22)13-20(19)27-21-7-2-3-10-25-21/h4-6,8-9,13-14,21H,2-3,7,10-12H2,1H3. The third-order valence-corrected chi connectivity index (χ3v) is 4.06. The Morgan fingerprint density at radius 2 is 1.96 bits per heavy atom. The van der Waals surface area contributed by atoms with Crippen LogP contribution in [0.15, 0.2) is 42.5 Å². The molecule has 0 aromatic heterocycles. The largest absolute Gasteiger partial charge is 0.491 e. The van der Waals surface area contributed by atoms with Crippen molar-refractivity contribution in [2.45, 2.75) is 25.6 Å². The topological polar surface area (TPSA) is 69.9 Å². The Morgan fingerprint density at radius 3 is 2.74 bits per heavy atom. The number of nitriles is 1. The van der Waals surface area contributed by atoms with E-state index in [2.05, 4.69) is 6.07 Å². The van der Waals surface area contributed by atoms with Gasteiger partial charge in [0.15, 0.2) is 17.8 Å². The minimum Gasteiger partial charge on any atom is -0.491 e. The van der Waals surface area contributed by atoms with Crippen LogP contribution in [-0.4, -0.2) is 33.2 Å². The normalized spacial score (nSPS) is 16.4. The van der Waals surface area contributed by atoms with Crippen LogP contribution in [0.1, 0.15) is 24.8 Å². The summed E-state index contributed by atoms with van der Waals surface area (Å²) in [5.74, 6) is 2.32. The zero-order chi connectivity index (χ0) is 18.9. The van der Waals surface area contributed by atoms with Gasteiger partial charge in [0.25, 0.3) is 0 Å². The predicted octanol–water partition coefficient (Wildman–Crippen LogP) is 4.28. The molecule has 2 aromatic rings. The van der Waals surface area contributed by atoms with Gasteiger partial charge in [0.1, 0.15) is 18.1 Å². The lowest BCUT2D eigenvalue weighted by Gasteiger charge is -2.24. The minimum atomic E-state index is -0.321. The SMILES string of the molecule is COCCOc1cccc(Oc2ccc(C#N)cc2OC2CCCCO2)c1. The van der Waals surface area contributed by atoms with E-state index in [4.69, 9.17) is 23.7 Å². The van der Waals surface area contributed by atoms with Crippen molar-refractivity contribution in [3.63, 3.8) is 0 Å². The zero-order valence-electron chi connectivity index (χ0n) is 15.3. The van der Waals surface area contributed by atoms with Gasteiger partial charge in [-0.05, 0) is 37.1 Å². The molecule has 0 aliphatic carbocycles. The molecule has 0 bridgehead atoms. The molecule has 1 unspecified atom stereocenters. The van der Waals surface area contributed by atoms with Gasteiger partial charge in [-0.1, -0.05) is 6.07 Å². The van der Waals surface area contributed by atoms with Gasteiger partial charge in [0.05, 0.1) is 24.8 Å². The van der Waals surface area contributed by atoms with Crippen LogP contribution in [0.3, 0.4) is 0 Å². The lowest BCUT2D eigenvalue weighted by molar-refractivity contribution is -0.106. The number of hydrogen-bond acceptors (Lipinski definition) is 6. The molecule has 6 heteroatoms. The second kappa shape index (κ2) is 9.81. The Morgan fingerprint density at radius 1 is 1.07 bits per heavy atom. The molecule has 6 nitrogen and oxygen atoms in total. The molecule has 1 aliphatic rings. The molecule has 2 aromatic carbocycles. The number of benzene rings is 2. The maximum Gasteiger partial charge on any atom is 0.200 e. The third-order valence-electron chi connectivity index (χ3n) is 4.06. The van der Waals surface area contributed by atoms with E-state index in [1.807, 2.05) is 18.2 Å². The number of methoxy groups -OCH3 is 1. The maximum atomic E-state index is 9.18. The van der Waals surface area contributed by atoms with Gasteiger partial charge in [-0.3, -0.25) is 0 Å². The monoisotopic (exact) mass is 369 g/mol. The Balaban J connectivity index is 1.75. The van der Waals surface area contributed by atoms with Crippen molar-refractivity contribution in [3.8, 4) is 29.1 Å². The molecule has 1 fully saturated rings. The van der Waals surface area contributed by atoms with Crippen LogP contribution in [0.25, 0.3) is 0 Å². The summed E-state index contributed by atoms with van der Waals surface area (Å²) in [5, 5.41) is 9.18. The summed E-state index contributed by atoms with van der Waals surface area (Å²) >= 11 is 0. The molecule has 1 aliphatic heterocycles. The molecule has 1 heterocycles. The highest BCUT2D eigenvalue weighted by atomic mass is 16.7. The van der Waals surface area contributed by atoms with Crippen molar-refractivity contribution >= 4 is 0 Å². The first-order chi connectivity index (χ1) is 13.3. The van der Waals surface area contributed by atoms with Crippen molar-refractivity contribution in [3.05, 3.63) is 48.0 Å². The Labute approximate surface area is 159 Å². The van der Waals surface area contributed by atoms with E-state index in [0.717, 1.165) is 19.3 Å². The van der Waals surface area contributed by atoms with E-state index < -0.39 is 0 Å². The second-order valence-electron chi connectivity index (χ2n) is 6.11. The average molecular weight is 369 g/mol. The summed E-state index contributed by atoms with van der Waals surface area (Å²) < 4.78 is 28.2. The van der Waals surface area contributed by atoms with Gasteiger partial charge in [-0.2, -0.15) is 5.26 Å². The molecule has 0 saturated carbocycles. The summed E-state index contributed by atoms with van der Waals surface area (Å²) in [5.41, 5.74) is 0.504. The van der Waals surface area contributed by atoms with Crippen LogP contribution in [0.2, 0.25) is 0 Å². The molecule has 142 valence electrons. The highest BCUT2D eigenvalue weighted by molar-refractivity contribution is 5.49. The molecule has 0 N–H and O–H groups in total. The summed E-state index contributed by atoms with van der Waals surface area (Å²) in [6.07, 6.45) is 2.59. The highest BCUT2D eigenvalue weighted by Crippen LogP contribution is 2.35. The minimum absolute atomic E-state index is 0.321. The summed E-state index contributed by atoms with van der Waals surface area (Å²) in [4.78, 5) is 0. The van der Waals surface area contributed by atoms with Gasteiger partial charge in [0, 0.05) is 25.7 Å². The van der Waals surface area contributed by atoms with Crippen LogP contribution in [0, 0.1) is 11.3 Å².